The maximum absolute atomic E-state index is 12.2. The molecule has 0 aliphatic heterocycles. The summed E-state index contributed by atoms with van der Waals surface area (Å²) in [6.07, 6.45) is 0. The Morgan fingerprint density at radius 2 is 1.59 bits per heavy atom. The number of halogens is 1. The second-order valence-electron chi connectivity index (χ2n) is 5.54. The molecule has 0 aliphatic rings. The van der Waals surface area contributed by atoms with Gasteiger partial charge in [0.05, 0.1) is 6.61 Å². The molecule has 7 heteroatoms. The van der Waals surface area contributed by atoms with E-state index in [0.29, 0.717) is 23.7 Å². The lowest BCUT2D eigenvalue weighted by Crippen LogP contribution is -2.41. The number of benzene rings is 2. The van der Waals surface area contributed by atoms with E-state index in [1.54, 1.807) is 36.4 Å². The van der Waals surface area contributed by atoms with Crippen molar-refractivity contribution in [2.24, 2.45) is 0 Å². The lowest BCUT2D eigenvalue weighted by atomic mass is 10.2. The lowest BCUT2D eigenvalue weighted by Gasteiger charge is -2.07. The monoisotopic (exact) mass is 428 g/mol. The van der Waals surface area contributed by atoms with Crippen molar-refractivity contribution in [3.8, 4) is 17.1 Å². The highest BCUT2D eigenvalue weighted by Crippen LogP contribution is 2.23. The van der Waals surface area contributed by atoms with E-state index in [2.05, 4.69) is 26.8 Å². The van der Waals surface area contributed by atoms with Gasteiger partial charge in [-0.15, -0.1) is 0 Å². The highest BCUT2D eigenvalue weighted by molar-refractivity contribution is 9.10. The number of nitrogens with one attached hydrogen (secondary N) is 2. The first-order valence-electron chi connectivity index (χ1n) is 8.26. The topological polar surface area (TPSA) is 80.6 Å². The molecule has 0 fully saturated rings. The molecule has 27 heavy (non-hydrogen) atoms. The van der Waals surface area contributed by atoms with Crippen molar-refractivity contribution in [1.82, 2.24) is 10.9 Å². The van der Waals surface area contributed by atoms with Crippen LogP contribution in [0.25, 0.3) is 11.3 Å². The predicted molar refractivity (Wildman–Crippen MR) is 104 cm³/mol. The maximum atomic E-state index is 12.2. The second kappa shape index (κ2) is 8.55. The van der Waals surface area contributed by atoms with E-state index in [-0.39, 0.29) is 5.76 Å². The normalized spacial score (nSPS) is 10.3. The minimum absolute atomic E-state index is 0.0971. The van der Waals surface area contributed by atoms with Gasteiger partial charge in [-0.05, 0) is 55.5 Å². The van der Waals surface area contributed by atoms with Crippen LogP contribution in [0.2, 0.25) is 0 Å². The van der Waals surface area contributed by atoms with Crippen LogP contribution in [0.5, 0.6) is 5.75 Å². The number of furan rings is 1. The molecule has 0 spiro atoms. The summed E-state index contributed by atoms with van der Waals surface area (Å²) < 4.78 is 11.8. The van der Waals surface area contributed by atoms with E-state index in [1.807, 2.05) is 31.2 Å². The molecule has 3 rings (SSSR count). The summed E-state index contributed by atoms with van der Waals surface area (Å²) in [5, 5.41) is 0. The van der Waals surface area contributed by atoms with Gasteiger partial charge in [-0.1, -0.05) is 28.1 Å². The number of carbonyl (C=O) groups is 2. The predicted octanol–water partition coefficient (Wildman–Crippen LogP) is 4.18. The maximum Gasteiger partial charge on any atom is 0.305 e. The standard InChI is InChI=1S/C20H17BrN2O4/c1-2-26-16-9-5-14(6-10-16)19(24)22-23-20(25)18-12-11-17(27-18)13-3-7-15(21)8-4-13/h3-12H,2H2,1H3,(H,22,24)(H,23,25). The smallest absolute Gasteiger partial charge is 0.305 e. The number of rotatable bonds is 5. The van der Waals surface area contributed by atoms with Gasteiger partial charge in [0.1, 0.15) is 11.5 Å². The fraction of sp³-hybridized carbons (Fsp3) is 0.100. The first-order valence-corrected chi connectivity index (χ1v) is 9.05. The molecule has 1 aromatic heterocycles. The number of ether oxygens (including phenoxy) is 1. The van der Waals surface area contributed by atoms with Crippen LogP contribution in [0.3, 0.4) is 0 Å². The first kappa shape index (κ1) is 18.7. The molecule has 3 aromatic rings. The molecule has 2 aromatic carbocycles. The van der Waals surface area contributed by atoms with Crippen LogP contribution in [-0.2, 0) is 0 Å². The SMILES string of the molecule is CCOc1ccc(C(=O)NNC(=O)c2ccc(-c3ccc(Br)cc3)o2)cc1. The average Bonchev–Trinajstić information content (AvgIpc) is 3.17. The Labute approximate surface area is 164 Å². The Balaban J connectivity index is 1.59. The van der Waals surface area contributed by atoms with Gasteiger partial charge >= 0.3 is 5.91 Å². The summed E-state index contributed by atoms with van der Waals surface area (Å²) in [6.45, 7) is 2.43. The molecule has 1 heterocycles. The third-order valence-corrected chi connectivity index (χ3v) is 4.20. The quantitative estimate of drug-likeness (QED) is 0.597. The van der Waals surface area contributed by atoms with Gasteiger partial charge in [-0.25, -0.2) is 0 Å². The molecule has 2 amide bonds. The molecule has 6 nitrogen and oxygen atoms in total. The van der Waals surface area contributed by atoms with Gasteiger partial charge in [0, 0.05) is 15.6 Å². The van der Waals surface area contributed by atoms with E-state index in [9.17, 15) is 9.59 Å². The van der Waals surface area contributed by atoms with Crippen molar-refractivity contribution in [1.29, 1.82) is 0 Å². The number of hydrogen-bond acceptors (Lipinski definition) is 4. The molecule has 138 valence electrons. The Morgan fingerprint density at radius 1 is 0.926 bits per heavy atom. The third kappa shape index (κ3) is 4.77. The van der Waals surface area contributed by atoms with Gasteiger partial charge in [0.15, 0.2) is 5.76 Å². The van der Waals surface area contributed by atoms with Crippen LogP contribution < -0.4 is 15.6 Å². The molecule has 0 saturated carbocycles. The number of carbonyl (C=O) groups excluding carboxylic acids is 2. The lowest BCUT2D eigenvalue weighted by molar-refractivity contribution is 0.0831. The van der Waals surface area contributed by atoms with Crippen LogP contribution in [0.4, 0.5) is 0 Å². The van der Waals surface area contributed by atoms with E-state index < -0.39 is 11.8 Å². The van der Waals surface area contributed by atoms with Crippen molar-refractivity contribution < 1.29 is 18.7 Å². The fourth-order valence-corrected chi connectivity index (χ4v) is 2.61. The van der Waals surface area contributed by atoms with Crippen molar-refractivity contribution >= 4 is 27.7 Å². The minimum atomic E-state index is -0.544. The molecule has 0 saturated heterocycles. The number of hydrogen-bond donors (Lipinski definition) is 2. The van der Waals surface area contributed by atoms with Crippen molar-refractivity contribution in [2.75, 3.05) is 6.61 Å². The summed E-state index contributed by atoms with van der Waals surface area (Å²) in [5.74, 6) is 0.350. The molecule has 0 aliphatic carbocycles. The van der Waals surface area contributed by atoms with E-state index in [0.717, 1.165) is 10.0 Å². The van der Waals surface area contributed by atoms with Gasteiger partial charge in [-0.2, -0.15) is 0 Å². The Bertz CT molecular complexity index is 933. The van der Waals surface area contributed by atoms with Gasteiger partial charge in [0.25, 0.3) is 5.91 Å². The Hall–Kier alpha value is -3.06. The first-order chi connectivity index (χ1) is 13.1. The Morgan fingerprint density at radius 3 is 2.26 bits per heavy atom. The summed E-state index contributed by atoms with van der Waals surface area (Å²) >= 11 is 3.37. The summed E-state index contributed by atoms with van der Waals surface area (Å²) in [7, 11) is 0. The van der Waals surface area contributed by atoms with Crippen molar-refractivity contribution in [2.45, 2.75) is 6.92 Å². The molecule has 0 bridgehead atoms. The van der Waals surface area contributed by atoms with Crippen LogP contribution in [0.15, 0.2) is 69.6 Å². The van der Waals surface area contributed by atoms with Gasteiger partial charge in [-0.3, -0.25) is 20.4 Å². The summed E-state index contributed by atoms with van der Waals surface area (Å²) in [5.41, 5.74) is 5.94. The fourth-order valence-electron chi connectivity index (χ4n) is 2.35. The van der Waals surface area contributed by atoms with Crippen LogP contribution >= 0.6 is 15.9 Å². The number of hydrazine groups is 1. The summed E-state index contributed by atoms with van der Waals surface area (Å²) in [4.78, 5) is 24.3. The molecular weight excluding hydrogens is 412 g/mol. The zero-order chi connectivity index (χ0) is 19.2. The molecule has 0 unspecified atom stereocenters. The van der Waals surface area contributed by atoms with Gasteiger partial charge in [0.2, 0.25) is 0 Å². The average molecular weight is 429 g/mol. The highest BCUT2D eigenvalue weighted by atomic mass is 79.9. The number of amides is 2. The van der Waals surface area contributed by atoms with Crippen LogP contribution in [-0.4, -0.2) is 18.4 Å². The van der Waals surface area contributed by atoms with Crippen LogP contribution in [0, 0.1) is 0 Å². The second-order valence-corrected chi connectivity index (χ2v) is 6.45. The van der Waals surface area contributed by atoms with E-state index in [1.165, 1.54) is 0 Å². The molecule has 2 N–H and O–H groups in total. The van der Waals surface area contributed by atoms with E-state index in [4.69, 9.17) is 9.15 Å². The van der Waals surface area contributed by atoms with Gasteiger partial charge < -0.3 is 9.15 Å². The van der Waals surface area contributed by atoms with E-state index >= 15 is 0 Å². The minimum Gasteiger partial charge on any atom is -0.494 e. The highest BCUT2D eigenvalue weighted by Gasteiger charge is 2.14. The largest absolute Gasteiger partial charge is 0.494 e. The zero-order valence-corrected chi connectivity index (χ0v) is 16.1. The third-order valence-electron chi connectivity index (χ3n) is 3.68. The van der Waals surface area contributed by atoms with Crippen molar-refractivity contribution in [3.05, 3.63) is 76.5 Å². The Kier molecular flexibility index (Phi) is 5.93. The summed E-state index contributed by atoms with van der Waals surface area (Å²) in [6, 6.07) is 17.4. The molecular formula is C20H17BrN2O4. The van der Waals surface area contributed by atoms with Crippen LogP contribution in [0.1, 0.15) is 27.8 Å². The molecule has 0 atom stereocenters. The molecule has 0 radical (unpaired) electrons. The van der Waals surface area contributed by atoms with Crippen molar-refractivity contribution in [3.63, 3.8) is 0 Å². The zero-order valence-electron chi connectivity index (χ0n) is 14.5.